The highest BCUT2D eigenvalue weighted by Gasteiger charge is 2.40. The lowest BCUT2D eigenvalue weighted by molar-refractivity contribution is 0.102. The largest absolute Gasteiger partial charge is 0.323 e. The van der Waals surface area contributed by atoms with Crippen molar-refractivity contribution in [1.29, 1.82) is 0 Å². The van der Waals surface area contributed by atoms with Crippen molar-refractivity contribution in [2.75, 3.05) is 5.32 Å². The Bertz CT molecular complexity index is 1020. The monoisotopic (exact) mass is 378 g/mol. The van der Waals surface area contributed by atoms with Gasteiger partial charge in [0.05, 0.1) is 11.3 Å². The number of Topliss-reactive ketones (excluding diaryl/α,β-unsaturated/α-hetero) is 1. The number of hydrogen-bond acceptors (Lipinski definition) is 4. The van der Waals surface area contributed by atoms with Crippen LogP contribution in [0.3, 0.4) is 0 Å². The van der Waals surface area contributed by atoms with E-state index in [1.54, 1.807) is 4.68 Å². The van der Waals surface area contributed by atoms with Gasteiger partial charge in [-0.05, 0) is 17.7 Å². The van der Waals surface area contributed by atoms with Crippen LogP contribution < -0.4 is 5.32 Å². The molecular weight excluding hydrogens is 368 g/mol. The van der Waals surface area contributed by atoms with Crippen molar-refractivity contribution in [3.8, 4) is 0 Å². The number of anilines is 1. The zero-order chi connectivity index (χ0) is 16.3. The van der Waals surface area contributed by atoms with Gasteiger partial charge in [0.1, 0.15) is 12.4 Å². The molecule has 1 aromatic heterocycles. The predicted molar refractivity (Wildman–Crippen MR) is 93.6 cm³/mol. The van der Waals surface area contributed by atoms with Crippen LogP contribution in [0.25, 0.3) is 5.70 Å². The lowest BCUT2D eigenvalue weighted by Gasteiger charge is -2.26. The summed E-state index contributed by atoms with van der Waals surface area (Å²) >= 11 is 3.46. The molecule has 1 unspecified atom stereocenters. The van der Waals surface area contributed by atoms with E-state index in [0.29, 0.717) is 5.95 Å². The van der Waals surface area contributed by atoms with Crippen molar-refractivity contribution in [2.45, 2.75) is 6.04 Å². The number of carbonyl (C=O) groups excluding carboxylic acids is 1. The quantitative estimate of drug-likeness (QED) is 0.701. The number of rotatable bonds is 1. The van der Waals surface area contributed by atoms with E-state index in [1.165, 1.54) is 6.33 Å². The number of aromatic nitrogens is 3. The molecule has 1 aliphatic carbocycles. The maximum absolute atomic E-state index is 13.0. The molecule has 24 heavy (non-hydrogen) atoms. The number of carbonyl (C=O) groups is 1. The molecule has 3 aromatic rings. The minimum absolute atomic E-state index is 0.0437. The van der Waals surface area contributed by atoms with Gasteiger partial charge in [0.25, 0.3) is 0 Å². The molecule has 116 valence electrons. The molecule has 1 atom stereocenters. The Hall–Kier alpha value is -2.73. The molecule has 1 N–H and O–H groups in total. The number of halogens is 1. The maximum atomic E-state index is 13.0. The first kappa shape index (κ1) is 13.7. The van der Waals surface area contributed by atoms with Crippen molar-refractivity contribution >= 4 is 33.4 Å². The minimum Gasteiger partial charge on any atom is -0.323 e. The third-order valence-corrected chi connectivity index (χ3v) is 5.00. The van der Waals surface area contributed by atoms with E-state index < -0.39 is 0 Å². The Labute approximate surface area is 146 Å². The third kappa shape index (κ3) is 1.77. The predicted octanol–water partition coefficient (Wildman–Crippen LogP) is 3.66. The Kier molecular flexibility index (Phi) is 2.78. The second-order valence-corrected chi connectivity index (χ2v) is 6.69. The number of nitrogens with one attached hydrogen (secondary N) is 1. The Morgan fingerprint density at radius 2 is 1.79 bits per heavy atom. The molecule has 2 heterocycles. The smallest absolute Gasteiger partial charge is 0.226 e. The van der Waals surface area contributed by atoms with E-state index in [-0.39, 0.29) is 11.8 Å². The second-order valence-electron chi connectivity index (χ2n) is 5.77. The second kappa shape index (κ2) is 4.88. The van der Waals surface area contributed by atoms with Gasteiger partial charge in [0.15, 0.2) is 5.78 Å². The molecule has 0 spiro atoms. The molecule has 2 aromatic carbocycles. The molecule has 0 amide bonds. The van der Waals surface area contributed by atoms with E-state index in [2.05, 4.69) is 31.3 Å². The summed E-state index contributed by atoms with van der Waals surface area (Å²) in [5.41, 5.74) is 4.21. The van der Waals surface area contributed by atoms with Gasteiger partial charge < -0.3 is 5.32 Å². The molecule has 0 saturated heterocycles. The van der Waals surface area contributed by atoms with Crippen molar-refractivity contribution in [3.05, 3.63) is 81.6 Å². The van der Waals surface area contributed by atoms with Gasteiger partial charge in [-0.15, -0.1) is 0 Å². The lowest BCUT2D eigenvalue weighted by atomic mass is 9.94. The van der Waals surface area contributed by atoms with Crippen LogP contribution in [0.1, 0.15) is 27.5 Å². The average Bonchev–Trinajstić information content (AvgIpc) is 3.18. The zero-order valence-electron chi connectivity index (χ0n) is 12.4. The van der Waals surface area contributed by atoms with Gasteiger partial charge in [0, 0.05) is 15.6 Å². The molecule has 5 rings (SSSR count). The fraction of sp³-hybridized carbons (Fsp3) is 0.0556. The van der Waals surface area contributed by atoms with Crippen LogP contribution in [0.4, 0.5) is 5.95 Å². The summed E-state index contributed by atoms with van der Waals surface area (Å²) in [6.07, 6.45) is 1.51. The summed E-state index contributed by atoms with van der Waals surface area (Å²) < 4.78 is 2.76. The van der Waals surface area contributed by atoms with Crippen LogP contribution in [-0.4, -0.2) is 20.5 Å². The highest BCUT2D eigenvalue weighted by molar-refractivity contribution is 9.10. The molecule has 2 aliphatic rings. The summed E-state index contributed by atoms with van der Waals surface area (Å²) in [5, 5.41) is 7.62. The number of ketones is 1. The van der Waals surface area contributed by atoms with Crippen molar-refractivity contribution in [1.82, 2.24) is 14.8 Å². The summed E-state index contributed by atoms with van der Waals surface area (Å²) in [6, 6.07) is 15.3. The highest BCUT2D eigenvalue weighted by atomic mass is 79.9. The SMILES string of the molecule is O=C1C2=C(Nc3ncnn3C2c2ccc(Br)cc2)c2ccccc21. The third-order valence-electron chi connectivity index (χ3n) is 4.47. The highest BCUT2D eigenvalue weighted by Crippen LogP contribution is 2.44. The number of fused-ring (bicyclic) bond motifs is 3. The molecule has 0 bridgehead atoms. The van der Waals surface area contributed by atoms with Crippen molar-refractivity contribution in [3.63, 3.8) is 0 Å². The maximum Gasteiger partial charge on any atom is 0.226 e. The van der Waals surface area contributed by atoms with Gasteiger partial charge in [-0.3, -0.25) is 4.79 Å². The van der Waals surface area contributed by atoms with Gasteiger partial charge >= 0.3 is 0 Å². The van der Waals surface area contributed by atoms with Crippen LogP contribution in [0.15, 0.2) is 64.9 Å². The van der Waals surface area contributed by atoms with Gasteiger partial charge in [-0.2, -0.15) is 10.1 Å². The zero-order valence-corrected chi connectivity index (χ0v) is 14.0. The van der Waals surface area contributed by atoms with Crippen LogP contribution in [0.2, 0.25) is 0 Å². The van der Waals surface area contributed by atoms with Crippen LogP contribution in [0, 0.1) is 0 Å². The summed E-state index contributed by atoms with van der Waals surface area (Å²) in [6.45, 7) is 0. The lowest BCUT2D eigenvalue weighted by Crippen LogP contribution is -2.25. The topological polar surface area (TPSA) is 59.8 Å². The molecule has 0 radical (unpaired) electrons. The Balaban J connectivity index is 1.77. The van der Waals surface area contributed by atoms with E-state index in [0.717, 1.165) is 32.4 Å². The molecular formula is C18H11BrN4O. The molecule has 0 fully saturated rings. The van der Waals surface area contributed by atoms with E-state index >= 15 is 0 Å². The first-order valence-corrected chi connectivity index (χ1v) is 8.33. The fourth-order valence-corrected chi connectivity index (χ4v) is 3.68. The van der Waals surface area contributed by atoms with Crippen molar-refractivity contribution < 1.29 is 4.79 Å². The summed E-state index contributed by atoms with van der Waals surface area (Å²) in [7, 11) is 0. The molecule has 1 aliphatic heterocycles. The van der Waals surface area contributed by atoms with Gasteiger partial charge in [-0.1, -0.05) is 52.3 Å². The van der Waals surface area contributed by atoms with Gasteiger partial charge in [0.2, 0.25) is 5.95 Å². The number of hydrogen-bond donors (Lipinski definition) is 1. The summed E-state index contributed by atoms with van der Waals surface area (Å²) in [5.74, 6) is 0.688. The van der Waals surface area contributed by atoms with Crippen LogP contribution in [0.5, 0.6) is 0 Å². The van der Waals surface area contributed by atoms with Crippen LogP contribution >= 0.6 is 15.9 Å². The normalized spacial score (nSPS) is 18.0. The van der Waals surface area contributed by atoms with E-state index in [9.17, 15) is 4.79 Å². The first-order chi connectivity index (χ1) is 11.7. The first-order valence-electron chi connectivity index (χ1n) is 7.54. The molecule has 6 heteroatoms. The molecule has 5 nitrogen and oxygen atoms in total. The number of benzene rings is 2. The van der Waals surface area contributed by atoms with E-state index in [1.807, 2.05) is 48.5 Å². The van der Waals surface area contributed by atoms with Crippen LogP contribution in [-0.2, 0) is 0 Å². The van der Waals surface area contributed by atoms with Crippen molar-refractivity contribution in [2.24, 2.45) is 0 Å². The Morgan fingerprint density at radius 3 is 2.58 bits per heavy atom. The standard InChI is InChI=1S/C18H11BrN4O/c19-11-7-5-10(6-8-11)16-14-15(22-18-20-9-21-23(16)18)12-3-1-2-4-13(12)17(14)24/h1-9,16H,(H,20,21,22). The van der Waals surface area contributed by atoms with E-state index in [4.69, 9.17) is 0 Å². The summed E-state index contributed by atoms with van der Waals surface area (Å²) in [4.78, 5) is 17.3. The fourth-order valence-electron chi connectivity index (χ4n) is 3.41. The number of nitrogens with zero attached hydrogens (tertiary/aromatic N) is 3. The minimum atomic E-state index is -0.285. The average molecular weight is 379 g/mol. The molecule has 0 saturated carbocycles. The Morgan fingerprint density at radius 1 is 1.04 bits per heavy atom. The van der Waals surface area contributed by atoms with Gasteiger partial charge in [-0.25, -0.2) is 4.68 Å². The number of allylic oxidation sites excluding steroid dienone is 1.